The fraction of sp³-hybridized carbons (Fsp3) is 0.0517. The molecule has 6 nitrogen and oxygen atoms in total. The number of aromatic nitrogens is 5. The van der Waals surface area contributed by atoms with Gasteiger partial charge in [-0.25, -0.2) is 15.0 Å². The summed E-state index contributed by atoms with van der Waals surface area (Å²) in [6.07, 6.45) is 9.23. The van der Waals surface area contributed by atoms with Gasteiger partial charge >= 0.3 is 0 Å². The second-order valence-electron chi connectivity index (χ2n) is 17.0. The molecule has 0 spiro atoms. The molecule has 1 aliphatic heterocycles. The van der Waals surface area contributed by atoms with E-state index in [2.05, 4.69) is 203 Å². The lowest BCUT2D eigenvalue weighted by Crippen LogP contribution is -2.41. The van der Waals surface area contributed by atoms with Crippen molar-refractivity contribution in [1.82, 2.24) is 24.1 Å². The van der Waals surface area contributed by atoms with Crippen LogP contribution in [0.5, 0.6) is 0 Å². The van der Waals surface area contributed by atoms with Crippen molar-refractivity contribution in [3.05, 3.63) is 224 Å². The SMILES string of the molecule is CC12C=CC=CC1c1c(ccc3c4ccccc4n(-c4cccc(-c5nc(-c6ccccc6)nc(-c6ccccc6)n5)c4)c13)N2c1ccc2c(c1)c1ccccc1n2-c1ccccc1. The number of anilines is 2. The maximum Gasteiger partial charge on any atom is 0.164 e. The Hall–Kier alpha value is -8.35. The summed E-state index contributed by atoms with van der Waals surface area (Å²) in [6, 6.07) is 69.0. The van der Waals surface area contributed by atoms with E-state index in [1.165, 1.54) is 49.3 Å². The first-order valence-electron chi connectivity index (χ1n) is 21.9. The van der Waals surface area contributed by atoms with E-state index in [-0.39, 0.29) is 11.5 Å². The second kappa shape index (κ2) is 14.1. The number of fused-ring (bicyclic) bond motifs is 10. The van der Waals surface area contributed by atoms with Crippen molar-refractivity contribution >= 4 is 55.0 Å². The number of hydrogen-bond acceptors (Lipinski definition) is 4. The zero-order chi connectivity index (χ0) is 42.4. The third kappa shape index (κ3) is 5.42. The van der Waals surface area contributed by atoms with Crippen molar-refractivity contribution in [3.8, 4) is 45.5 Å². The first-order chi connectivity index (χ1) is 31.6. The second-order valence-corrected chi connectivity index (χ2v) is 17.0. The van der Waals surface area contributed by atoms with Crippen LogP contribution < -0.4 is 4.90 Å². The van der Waals surface area contributed by atoms with E-state index in [1.54, 1.807) is 0 Å². The summed E-state index contributed by atoms with van der Waals surface area (Å²) in [4.78, 5) is 17.8. The molecule has 0 radical (unpaired) electrons. The fourth-order valence-electron chi connectivity index (χ4n) is 10.5. The van der Waals surface area contributed by atoms with Crippen LogP contribution in [0.2, 0.25) is 0 Å². The molecule has 4 heterocycles. The molecule has 11 aromatic rings. The van der Waals surface area contributed by atoms with Gasteiger partial charge in [0.25, 0.3) is 0 Å². The molecular formula is C58H40N6. The largest absolute Gasteiger partial charge is 0.331 e. The number of allylic oxidation sites excluding steroid dienone is 2. The first-order valence-corrected chi connectivity index (χ1v) is 21.9. The van der Waals surface area contributed by atoms with Gasteiger partial charge in [0.05, 0.1) is 27.6 Å². The average Bonchev–Trinajstić information content (AvgIpc) is 3.97. The Balaban J connectivity index is 1.02. The minimum Gasteiger partial charge on any atom is -0.331 e. The van der Waals surface area contributed by atoms with Gasteiger partial charge in [0.2, 0.25) is 0 Å². The summed E-state index contributed by atoms with van der Waals surface area (Å²) < 4.78 is 4.86. The maximum absolute atomic E-state index is 5.11. The van der Waals surface area contributed by atoms with Crippen LogP contribution in [-0.4, -0.2) is 29.6 Å². The zero-order valence-electron chi connectivity index (χ0n) is 35.0. The van der Waals surface area contributed by atoms with Crippen molar-refractivity contribution in [3.63, 3.8) is 0 Å². The van der Waals surface area contributed by atoms with Gasteiger partial charge in [-0.05, 0) is 67.6 Å². The van der Waals surface area contributed by atoms with Crippen LogP contribution in [0.1, 0.15) is 18.4 Å². The number of nitrogens with zero attached hydrogens (tertiary/aromatic N) is 6. The molecule has 0 saturated heterocycles. The van der Waals surface area contributed by atoms with Gasteiger partial charge in [-0.2, -0.15) is 0 Å². The number of para-hydroxylation sites is 3. The van der Waals surface area contributed by atoms with Crippen LogP contribution in [0.4, 0.5) is 11.4 Å². The lowest BCUT2D eigenvalue weighted by molar-refractivity contribution is 0.543. The summed E-state index contributed by atoms with van der Waals surface area (Å²) in [5, 5.41) is 4.92. The monoisotopic (exact) mass is 820 g/mol. The molecule has 0 bridgehead atoms. The maximum atomic E-state index is 5.11. The summed E-state index contributed by atoms with van der Waals surface area (Å²) in [6.45, 7) is 2.39. The number of benzene rings is 8. The van der Waals surface area contributed by atoms with E-state index in [1.807, 2.05) is 36.4 Å². The third-order valence-corrected chi connectivity index (χ3v) is 13.4. The summed E-state index contributed by atoms with van der Waals surface area (Å²) >= 11 is 0. The highest BCUT2D eigenvalue weighted by Gasteiger charge is 2.48. The summed E-state index contributed by atoms with van der Waals surface area (Å²) in [7, 11) is 0. The van der Waals surface area contributed by atoms with Crippen LogP contribution in [-0.2, 0) is 0 Å². The number of hydrogen-bond donors (Lipinski definition) is 0. The van der Waals surface area contributed by atoms with Gasteiger partial charge in [0.1, 0.15) is 0 Å². The summed E-state index contributed by atoms with van der Waals surface area (Å²) in [5.74, 6) is 1.99. The zero-order valence-corrected chi connectivity index (χ0v) is 35.0. The molecule has 302 valence electrons. The Morgan fingerprint density at radius 3 is 1.69 bits per heavy atom. The van der Waals surface area contributed by atoms with Crippen molar-refractivity contribution in [1.29, 1.82) is 0 Å². The molecule has 3 aromatic heterocycles. The molecule has 2 atom stereocenters. The van der Waals surface area contributed by atoms with E-state index in [0.717, 1.165) is 39.3 Å². The topological polar surface area (TPSA) is 51.8 Å². The molecule has 2 aliphatic rings. The minimum atomic E-state index is -0.369. The standard InChI is InChI=1S/C58H40N6/c1-58-35-16-15-28-48(58)53-52(64(58)43-31-33-51-47(37-43)45-27-12-13-29-49(45)62(51)41-23-9-4-10-24-41)34-32-46-44-26-11-14-30-50(44)63(54(46)53)42-25-17-22-40(36-42)57-60-55(38-18-5-2-6-19-38)59-56(61-57)39-20-7-3-8-21-39/h2-37,48H,1H3. The smallest absolute Gasteiger partial charge is 0.164 e. The normalized spacial score (nSPS) is 16.6. The van der Waals surface area contributed by atoms with Crippen LogP contribution >= 0.6 is 0 Å². The van der Waals surface area contributed by atoms with E-state index in [0.29, 0.717) is 17.5 Å². The van der Waals surface area contributed by atoms with Crippen molar-refractivity contribution < 1.29 is 0 Å². The molecule has 6 heteroatoms. The molecule has 1 aliphatic carbocycles. The van der Waals surface area contributed by atoms with E-state index in [4.69, 9.17) is 15.0 Å². The van der Waals surface area contributed by atoms with Gasteiger partial charge < -0.3 is 14.0 Å². The van der Waals surface area contributed by atoms with Crippen molar-refractivity contribution in [2.24, 2.45) is 0 Å². The quantitative estimate of drug-likeness (QED) is 0.168. The minimum absolute atomic E-state index is 0.0780. The predicted molar refractivity (Wildman–Crippen MR) is 263 cm³/mol. The lowest BCUT2D eigenvalue weighted by Gasteiger charge is -2.39. The molecule has 0 amide bonds. The van der Waals surface area contributed by atoms with Gasteiger partial charge in [-0.1, -0.05) is 158 Å². The molecule has 8 aromatic carbocycles. The molecule has 0 fully saturated rings. The van der Waals surface area contributed by atoms with Gasteiger partial charge in [-0.3, -0.25) is 0 Å². The van der Waals surface area contributed by atoms with Gasteiger partial charge in [0.15, 0.2) is 17.5 Å². The fourth-order valence-corrected chi connectivity index (χ4v) is 10.5. The lowest BCUT2D eigenvalue weighted by atomic mass is 9.80. The molecular weight excluding hydrogens is 781 g/mol. The van der Waals surface area contributed by atoms with Crippen LogP contribution in [0, 0.1) is 0 Å². The Kier molecular flexibility index (Phi) is 8.00. The highest BCUT2D eigenvalue weighted by atomic mass is 15.2. The van der Waals surface area contributed by atoms with Crippen molar-refractivity contribution in [2.75, 3.05) is 4.90 Å². The Morgan fingerprint density at radius 1 is 0.422 bits per heavy atom. The summed E-state index contributed by atoms with van der Waals surface area (Å²) in [5.41, 5.74) is 13.1. The van der Waals surface area contributed by atoms with E-state index < -0.39 is 0 Å². The third-order valence-electron chi connectivity index (χ3n) is 13.4. The van der Waals surface area contributed by atoms with Crippen molar-refractivity contribution in [2.45, 2.75) is 18.4 Å². The van der Waals surface area contributed by atoms with Crippen LogP contribution in [0.3, 0.4) is 0 Å². The van der Waals surface area contributed by atoms with Crippen LogP contribution in [0.15, 0.2) is 218 Å². The Morgan fingerprint density at radius 2 is 0.984 bits per heavy atom. The average molecular weight is 821 g/mol. The highest BCUT2D eigenvalue weighted by Crippen LogP contribution is 2.57. The van der Waals surface area contributed by atoms with E-state index in [9.17, 15) is 0 Å². The Labute approximate surface area is 370 Å². The predicted octanol–water partition coefficient (Wildman–Crippen LogP) is 14.2. The molecule has 64 heavy (non-hydrogen) atoms. The molecule has 13 rings (SSSR count). The highest BCUT2D eigenvalue weighted by molar-refractivity contribution is 6.14. The van der Waals surface area contributed by atoms with Gasteiger partial charge in [-0.15, -0.1) is 0 Å². The Bertz CT molecular complexity index is 3640. The van der Waals surface area contributed by atoms with E-state index >= 15 is 0 Å². The first kappa shape index (κ1) is 36.3. The van der Waals surface area contributed by atoms with Gasteiger partial charge in [0, 0.05) is 72.5 Å². The number of rotatable bonds is 6. The molecule has 0 saturated carbocycles. The molecule has 2 unspecified atom stereocenters. The molecule has 0 N–H and O–H groups in total. The van der Waals surface area contributed by atoms with Crippen LogP contribution in [0.25, 0.3) is 89.2 Å².